The van der Waals surface area contributed by atoms with Crippen LogP contribution in [0.3, 0.4) is 0 Å². The maximum atomic E-state index is 15.3. The molecule has 1 aromatic carbocycles. The van der Waals surface area contributed by atoms with E-state index in [0.29, 0.717) is 26.3 Å². The summed E-state index contributed by atoms with van der Waals surface area (Å²) in [5, 5.41) is 2.58. The number of likely N-dealkylation sites (tertiary alicyclic amines) is 1. The van der Waals surface area contributed by atoms with E-state index in [1.807, 2.05) is 0 Å². The summed E-state index contributed by atoms with van der Waals surface area (Å²) in [5.41, 5.74) is -0.682. The van der Waals surface area contributed by atoms with Crippen LogP contribution < -0.4 is 10.1 Å². The van der Waals surface area contributed by atoms with Crippen molar-refractivity contribution in [2.75, 3.05) is 38.2 Å². The van der Waals surface area contributed by atoms with Gasteiger partial charge in [0.15, 0.2) is 5.82 Å². The third-order valence-corrected chi connectivity index (χ3v) is 5.89. The zero-order valence-corrected chi connectivity index (χ0v) is 21.1. The van der Waals surface area contributed by atoms with Crippen LogP contribution in [-0.2, 0) is 14.2 Å². The molecule has 0 saturated carbocycles. The lowest BCUT2D eigenvalue weighted by Crippen LogP contribution is -2.59. The van der Waals surface area contributed by atoms with Crippen molar-refractivity contribution in [1.29, 1.82) is 0 Å². The van der Waals surface area contributed by atoms with Gasteiger partial charge in [-0.15, -0.1) is 0 Å². The SMILES string of the molecule is CCOC(=O)c1ccc(Nc2ncnc(OC3C4COCC3CN(C(=O)OC(C)(C)C)C4)c2F)c(F)c1. The van der Waals surface area contributed by atoms with E-state index in [9.17, 15) is 14.0 Å². The van der Waals surface area contributed by atoms with Gasteiger partial charge in [0.25, 0.3) is 5.88 Å². The summed E-state index contributed by atoms with van der Waals surface area (Å²) in [5.74, 6) is -3.38. The fraction of sp³-hybridized carbons (Fsp3) is 0.520. The second-order valence-corrected chi connectivity index (χ2v) is 9.91. The topological polar surface area (TPSA) is 112 Å². The van der Waals surface area contributed by atoms with Crippen LogP contribution in [0.4, 0.5) is 25.1 Å². The number of piperidine rings is 1. The van der Waals surface area contributed by atoms with Crippen LogP contribution in [0.1, 0.15) is 38.1 Å². The maximum absolute atomic E-state index is 15.3. The lowest BCUT2D eigenvalue weighted by molar-refractivity contribution is -0.114. The first kappa shape index (κ1) is 26.5. The van der Waals surface area contributed by atoms with Crippen LogP contribution in [0, 0.1) is 23.5 Å². The normalized spacial score (nSPS) is 21.2. The number of hydrogen-bond acceptors (Lipinski definition) is 9. The molecular formula is C25H30F2N4O6. The van der Waals surface area contributed by atoms with Crippen molar-refractivity contribution in [2.45, 2.75) is 39.4 Å². The Kier molecular flexibility index (Phi) is 7.76. The molecule has 4 rings (SSSR count). The molecule has 0 spiro atoms. The number of fused-ring (bicyclic) bond motifs is 2. The van der Waals surface area contributed by atoms with Crippen LogP contribution in [0.25, 0.3) is 0 Å². The number of halogens is 2. The fourth-order valence-corrected chi connectivity index (χ4v) is 4.30. The molecule has 2 atom stereocenters. The summed E-state index contributed by atoms with van der Waals surface area (Å²) >= 11 is 0. The highest BCUT2D eigenvalue weighted by Crippen LogP contribution is 2.34. The highest BCUT2D eigenvalue weighted by Gasteiger charge is 2.44. The molecule has 2 saturated heterocycles. The number of ether oxygens (including phenoxy) is 4. The van der Waals surface area contributed by atoms with E-state index < -0.39 is 35.4 Å². The molecule has 0 radical (unpaired) electrons. The number of esters is 1. The van der Waals surface area contributed by atoms with Crippen molar-refractivity contribution in [2.24, 2.45) is 11.8 Å². The Morgan fingerprint density at radius 3 is 2.49 bits per heavy atom. The van der Waals surface area contributed by atoms with E-state index in [1.54, 1.807) is 32.6 Å². The average molecular weight is 521 g/mol. The first-order chi connectivity index (χ1) is 17.6. The van der Waals surface area contributed by atoms with Gasteiger partial charge in [0, 0.05) is 24.9 Å². The van der Waals surface area contributed by atoms with Crippen LogP contribution in [0.15, 0.2) is 24.5 Å². The molecule has 1 amide bonds. The Bertz CT molecular complexity index is 1140. The smallest absolute Gasteiger partial charge is 0.410 e. The number of hydrogen-bond donors (Lipinski definition) is 1. The molecule has 2 aromatic rings. The van der Waals surface area contributed by atoms with Crippen LogP contribution >= 0.6 is 0 Å². The Balaban J connectivity index is 1.47. The Morgan fingerprint density at radius 2 is 1.86 bits per heavy atom. The highest BCUT2D eigenvalue weighted by molar-refractivity contribution is 5.90. The minimum atomic E-state index is -0.898. The van der Waals surface area contributed by atoms with E-state index in [2.05, 4.69) is 15.3 Å². The molecule has 2 unspecified atom stereocenters. The van der Waals surface area contributed by atoms with Gasteiger partial charge in [-0.3, -0.25) is 0 Å². The molecule has 2 aliphatic heterocycles. The predicted octanol–water partition coefficient (Wildman–Crippen LogP) is 3.94. The van der Waals surface area contributed by atoms with Gasteiger partial charge in [-0.1, -0.05) is 0 Å². The number of aromatic nitrogens is 2. The lowest BCUT2D eigenvalue weighted by Gasteiger charge is -2.46. The Labute approximate surface area is 213 Å². The Hall–Kier alpha value is -3.54. The van der Waals surface area contributed by atoms with Gasteiger partial charge in [-0.25, -0.2) is 19.0 Å². The largest absolute Gasteiger partial charge is 0.471 e. The van der Waals surface area contributed by atoms with Gasteiger partial charge in [0.2, 0.25) is 5.82 Å². The fourth-order valence-electron chi connectivity index (χ4n) is 4.30. The number of nitrogens with zero attached hydrogens (tertiary/aromatic N) is 3. The van der Waals surface area contributed by atoms with Crippen LogP contribution in [0.2, 0.25) is 0 Å². The molecule has 12 heteroatoms. The van der Waals surface area contributed by atoms with E-state index in [0.717, 1.165) is 12.4 Å². The quantitative estimate of drug-likeness (QED) is 0.566. The zero-order chi connectivity index (χ0) is 26.7. The minimum Gasteiger partial charge on any atom is -0.471 e. The van der Waals surface area contributed by atoms with Crippen molar-refractivity contribution in [3.63, 3.8) is 0 Å². The van der Waals surface area contributed by atoms with E-state index in [4.69, 9.17) is 18.9 Å². The zero-order valence-electron chi connectivity index (χ0n) is 21.1. The highest BCUT2D eigenvalue weighted by atomic mass is 19.1. The van der Waals surface area contributed by atoms with Crippen LogP contribution in [0.5, 0.6) is 5.88 Å². The second-order valence-electron chi connectivity index (χ2n) is 9.91. The summed E-state index contributed by atoms with van der Waals surface area (Å²) in [7, 11) is 0. The monoisotopic (exact) mass is 520 g/mol. The standard InChI is InChI=1S/C25H30F2N4O6/c1-5-35-23(32)14-6-7-18(17(26)8-14)30-21-19(27)22(29-13-28-21)36-20-15-9-31(10-16(20)12-34-11-15)24(33)37-25(2,3)4/h6-8,13,15-16,20H,5,9-12H2,1-4H3,(H,28,29,30). The number of rotatable bonds is 6. The molecule has 200 valence electrons. The molecule has 1 N–H and O–H groups in total. The number of nitrogens with one attached hydrogen (secondary N) is 1. The summed E-state index contributed by atoms with van der Waals surface area (Å²) in [6.45, 7) is 8.51. The van der Waals surface area contributed by atoms with Crippen molar-refractivity contribution >= 4 is 23.6 Å². The van der Waals surface area contributed by atoms with Gasteiger partial charge in [-0.05, 0) is 45.9 Å². The van der Waals surface area contributed by atoms with Gasteiger partial charge in [0.1, 0.15) is 23.8 Å². The summed E-state index contributed by atoms with van der Waals surface area (Å²) in [6, 6.07) is 3.65. The maximum Gasteiger partial charge on any atom is 0.410 e. The number of carbonyl (C=O) groups is 2. The average Bonchev–Trinajstić information content (AvgIpc) is 2.81. The molecule has 0 aliphatic carbocycles. The molecule has 2 fully saturated rings. The number of carbonyl (C=O) groups excluding carboxylic acids is 2. The summed E-state index contributed by atoms with van der Waals surface area (Å²) in [6.07, 6.45) is 0.233. The molecule has 2 bridgehead atoms. The van der Waals surface area contributed by atoms with Crippen molar-refractivity contribution in [3.8, 4) is 5.88 Å². The van der Waals surface area contributed by atoms with E-state index in [-0.39, 0.29) is 41.4 Å². The molecule has 1 aromatic heterocycles. The first-order valence-electron chi connectivity index (χ1n) is 12.0. The third-order valence-electron chi connectivity index (χ3n) is 5.89. The number of amides is 1. The van der Waals surface area contributed by atoms with Gasteiger partial charge >= 0.3 is 12.1 Å². The summed E-state index contributed by atoms with van der Waals surface area (Å²) < 4.78 is 51.9. The second kappa shape index (κ2) is 10.8. The third kappa shape index (κ3) is 6.24. The van der Waals surface area contributed by atoms with Gasteiger partial charge < -0.3 is 29.2 Å². The van der Waals surface area contributed by atoms with Gasteiger partial charge in [-0.2, -0.15) is 9.37 Å². The van der Waals surface area contributed by atoms with Crippen molar-refractivity contribution in [3.05, 3.63) is 41.7 Å². The van der Waals surface area contributed by atoms with Crippen LogP contribution in [-0.4, -0.2) is 71.5 Å². The molecular weight excluding hydrogens is 490 g/mol. The summed E-state index contributed by atoms with van der Waals surface area (Å²) in [4.78, 5) is 33.8. The van der Waals surface area contributed by atoms with Crippen molar-refractivity contribution < 1.29 is 37.3 Å². The van der Waals surface area contributed by atoms with E-state index in [1.165, 1.54) is 12.1 Å². The molecule has 10 nitrogen and oxygen atoms in total. The minimum absolute atomic E-state index is 0.0311. The number of benzene rings is 1. The predicted molar refractivity (Wildman–Crippen MR) is 128 cm³/mol. The first-order valence-corrected chi connectivity index (χ1v) is 12.0. The molecule has 37 heavy (non-hydrogen) atoms. The lowest BCUT2D eigenvalue weighted by atomic mass is 9.84. The van der Waals surface area contributed by atoms with Crippen molar-refractivity contribution in [1.82, 2.24) is 14.9 Å². The number of anilines is 2. The van der Waals surface area contributed by atoms with Gasteiger partial charge in [0.05, 0.1) is 31.1 Å². The molecule has 2 aliphatic rings. The van der Waals surface area contributed by atoms with E-state index >= 15 is 4.39 Å². The molecule has 3 heterocycles. The Morgan fingerprint density at radius 1 is 1.16 bits per heavy atom.